The third-order valence-corrected chi connectivity index (χ3v) is 4.17. The van der Waals surface area contributed by atoms with Gasteiger partial charge in [0.15, 0.2) is 0 Å². The molecule has 0 aliphatic rings. The fourth-order valence-electron chi connectivity index (χ4n) is 2.83. The number of fused-ring (bicyclic) bond motifs is 2. The van der Waals surface area contributed by atoms with Gasteiger partial charge in [0.2, 0.25) is 5.95 Å². The standard InChI is InChI=1S/C18H18ClN5O/c1-10(2)25-11-4-6-15-13(8-11)21-18(24(15)3)22-14-9-20-12-5-7-16(19)23-17(12)14/h4-10,20H,1-3H3,(H,21,22). The van der Waals surface area contributed by atoms with Crippen molar-refractivity contribution in [2.45, 2.75) is 20.0 Å². The average Bonchev–Trinajstić information content (AvgIpc) is 3.09. The van der Waals surface area contributed by atoms with Gasteiger partial charge < -0.3 is 19.6 Å². The number of aryl methyl sites for hydroxylation is 1. The van der Waals surface area contributed by atoms with Crippen molar-refractivity contribution in [2.24, 2.45) is 7.05 Å². The highest BCUT2D eigenvalue weighted by Crippen LogP contribution is 2.28. The Balaban J connectivity index is 1.73. The van der Waals surface area contributed by atoms with Gasteiger partial charge in [-0.1, -0.05) is 11.6 Å². The minimum Gasteiger partial charge on any atom is -0.491 e. The van der Waals surface area contributed by atoms with Gasteiger partial charge in [0.05, 0.1) is 28.3 Å². The molecule has 4 rings (SSSR count). The molecule has 3 heterocycles. The number of nitrogens with zero attached hydrogens (tertiary/aromatic N) is 3. The number of ether oxygens (including phenoxy) is 1. The van der Waals surface area contributed by atoms with Crippen molar-refractivity contribution < 1.29 is 4.74 Å². The molecule has 3 aromatic heterocycles. The van der Waals surface area contributed by atoms with Gasteiger partial charge in [-0.2, -0.15) is 0 Å². The molecule has 0 spiro atoms. The highest BCUT2D eigenvalue weighted by Gasteiger charge is 2.12. The second-order valence-electron chi connectivity index (χ2n) is 6.17. The highest BCUT2D eigenvalue weighted by atomic mass is 35.5. The number of hydrogen-bond acceptors (Lipinski definition) is 4. The van der Waals surface area contributed by atoms with Crippen molar-refractivity contribution >= 4 is 45.3 Å². The summed E-state index contributed by atoms with van der Waals surface area (Å²) in [5.74, 6) is 1.53. The van der Waals surface area contributed by atoms with Crippen LogP contribution in [0, 0.1) is 0 Å². The smallest absolute Gasteiger partial charge is 0.208 e. The van der Waals surface area contributed by atoms with Crippen molar-refractivity contribution in [3.05, 3.63) is 41.7 Å². The molecule has 1 aromatic carbocycles. The van der Waals surface area contributed by atoms with Crippen molar-refractivity contribution in [2.75, 3.05) is 5.32 Å². The second-order valence-corrected chi connectivity index (χ2v) is 6.56. The van der Waals surface area contributed by atoms with Gasteiger partial charge in [0.1, 0.15) is 16.4 Å². The second kappa shape index (κ2) is 5.97. The van der Waals surface area contributed by atoms with E-state index in [4.69, 9.17) is 16.3 Å². The first kappa shape index (κ1) is 15.8. The number of benzene rings is 1. The molecule has 0 aliphatic carbocycles. The summed E-state index contributed by atoms with van der Waals surface area (Å²) in [4.78, 5) is 12.2. The molecule has 0 aliphatic heterocycles. The molecule has 128 valence electrons. The maximum absolute atomic E-state index is 6.02. The van der Waals surface area contributed by atoms with Crippen LogP contribution in [0.3, 0.4) is 0 Å². The van der Waals surface area contributed by atoms with Crippen molar-refractivity contribution in [3.63, 3.8) is 0 Å². The van der Waals surface area contributed by atoms with Crippen LogP contribution in [0.4, 0.5) is 11.6 Å². The number of hydrogen-bond donors (Lipinski definition) is 2. The fourth-order valence-corrected chi connectivity index (χ4v) is 2.98. The normalized spacial score (nSPS) is 11.6. The van der Waals surface area contributed by atoms with E-state index in [9.17, 15) is 0 Å². The third-order valence-electron chi connectivity index (χ3n) is 3.96. The minimum absolute atomic E-state index is 0.126. The Labute approximate surface area is 149 Å². The molecule has 0 radical (unpaired) electrons. The van der Waals surface area contributed by atoms with Crippen LogP contribution in [0.2, 0.25) is 5.15 Å². The van der Waals surface area contributed by atoms with E-state index in [-0.39, 0.29) is 6.10 Å². The van der Waals surface area contributed by atoms with Gasteiger partial charge in [-0.25, -0.2) is 9.97 Å². The zero-order valence-electron chi connectivity index (χ0n) is 14.2. The summed E-state index contributed by atoms with van der Waals surface area (Å²) in [7, 11) is 1.97. The molecule has 0 atom stereocenters. The van der Waals surface area contributed by atoms with Gasteiger partial charge >= 0.3 is 0 Å². The Morgan fingerprint density at radius 2 is 2.04 bits per heavy atom. The molecule has 0 unspecified atom stereocenters. The number of anilines is 2. The minimum atomic E-state index is 0.126. The summed E-state index contributed by atoms with van der Waals surface area (Å²) in [6.45, 7) is 4.01. The lowest BCUT2D eigenvalue weighted by atomic mass is 10.3. The Morgan fingerprint density at radius 1 is 1.20 bits per heavy atom. The Morgan fingerprint density at radius 3 is 2.84 bits per heavy atom. The fraction of sp³-hybridized carbons (Fsp3) is 0.222. The lowest BCUT2D eigenvalue weighted by Crippen LogP contribution is -2.05. The van der Waals surface area contributed by atoms with Gasteiger partial charge in [-0.3, -0.25) is 0 Å². The van der Waals surface area contributed by atoms with Crippen LogP contribution >= 0.6 is 11.6 Å². The van der Waals surface area contributed by atoms with E-state index in [1.165, 1.54) is 0 Å². The zero-order valence-corrected chi connectivity index (χ0v) is 14.9. The van der Waals surface area contributed by atoms with Crippen LogP contribution in [0.15, 0.2) is 36.5 Å². The lowest BCUT2D eigenvalue weighted by Gasteiger charge is -2.09. The predicted octanol–water partition coefficient (Wildman–Crippen LogP) is 4.63. The van der Waals surface area contributed by atoms with Crippen LogP contribution in [0.1, 0.15) is 13.8 Å². The number of pyridine rings is 1. The molecular formula is C18H18ClN5O. The monoisotopic (exact) mass is 355 g/mol. The molecule has 0 saturated heterocycles. The third kappa shape index (κ3) is 2.89. The first-order valence-corrected chi connectivity index (χ1v) is 8.43. The molecule has 0 fully saturated rings. The Kier molecular flexibility index (Phi) is 3.77. The van der Waals surface area contributed by atoms with Gasteiger partial charge in [0.25, 0.3) is 0 Å². The van der Waals surface area contributed by atoms with Crippen LogP contribution in [-0.4, -0.2) is 25.6 Å². The van der Waals surface area contributed by atoms with E-state index in [0.717, 1.165) is 39.5 Å². The quantitative estimate of drug-likeness (QED) is 0.523. The maximum Gasteiger partial charge on any atom is 0.208 e. The number of aromatic amines is 1. The number of halogens is 1. The number of rotatable bonds is 4. The summed E-state index contributed by atoms with van der Waals surface area (Å²) in [6, 6.07) is 9.58. The van der Waals surface area contributed by atoms with Gasteiger partial charge in [-0.15, -0.1) is 0 Å². The molecule has 0 amide bonds. The average molecular weight is 356 g/mol. The van der Waals surface area contributed by atoms with E-state index in [1.54, 1.807) is 6.07 Å². The summed E-state index contributed by atoms with van der Waals surface area (Å²) in [5.41, 5.74) is 4.41. The van der Waals surface area contributed by atoms with Crippen molar-refractivity contribution in [1.29, 1.82) is 0 Å². The highest BCUT2D eigenvalue weighted by molar-refractivity contribution is 6.29. The number of aromatic nitrogens is 4. The Bertz CT molecular complexity index is 1070. The first-order chi connectivity index (χ1) is 12.0. The molecule has 25 heavy (non-hydrogen) atoms. The first-order valence-electron chi connectivity index (χ1n) is 8.05. The van der Waals surface area contributed by atoms with E-state index >= 15 is 0 Å². The summed E-state index contributed by atoms with van der Waals surface area (Å²) < 4.78 is 7.75. The maximum atomic E-state index is 6.02. The number of H-pyrrole nitrogens is 1. The van der Waals surface area contributed by atoms with Crippen molar-refractivity contribution in [1.82, 2.24) is 19.5 Å². The largest absolute Gasteiger partial charge is 0.491 e. The van der Waals surface area contributed by atoms with Crippen LogP contribution in [0.5, 0.6) is 5.75 Å². The van der Waals surface area contributed by atoms with E-state index in [1.807, 2.05) is 55.9 Å². The molecule has 7 heteroatoms. The van der Waals surface area contributed by atoms with E-state index < -0.39 is 0 Å². The SMILES string of the molecule is CC(C)Oc1ccc2c(c1)nc(Nc1c[nH]c3ccc(Cl)nc13)n2C. The molecule has 4 aromatic rings. The van der Waals surface area contributed by atoms with E-state index in [2.05, 4.69) is 20.3 Å². The topological polar surface area (TPSA) is 67.8 Å². The van der Waals surface area contributed by atoms with Crippen LogP contribution in [-0.2, 0) is 7.05 Å². The van der Waals surface area contributed by atoms with Gasteiger partial charge in [0, 0.05) is 19.3 Å². The zero-order chi connectivity index (χ0) is 17.6. The molecule has 0 saturated carbocycles. The molecular weight excluding hydrogens is 338 g/mol. The summed E-state index contributed by atoms with van der Waals surface area (Å²) in [6.07, 6.45) is 1.99. The Hall–Kier alpha value is -2.73. The van der Waals surface area contributed by atoms with Gasteiger partial charge in [-0.05, 0) is 38.1 Å². The van der Waals surface area contributed by atoms with Crippen LogP contribution < -0.4 is 10.1 Å². The molecule has 0 bridgehead atoms. The molecule has 6 nitrogen and oxygen atoms in total. The van der Waals surface area contributed by atoms with E-state index in [0.29, 0.717) is 5.15 Å². The summed E-state index contributed by atoms with van der Waals surface area (Å²) in [5, 5.41) is 3.79. The number of nitrogens with one attached hydrogen (secondary N) is 2. The van der Waals surface area contributed by atoms with Crippen LogP contribution in [0.25, 0.3) is 22.1 Å². The van der Waals surface area contributed by atoms with Crippen molar-refractivity contribution in [3.8, 4) is 5.75 Å². The summed E-state index contributed by atoms with van der Waals surface area (Å²) >= 11 is 6.02. The molecule has 2 N–H and O–H groups in total. The predicted molar refractivity (Wildman–Crippen MR) is 101 cm³/mol. The number of imidazole rings is 1. The lowest BCUT2D eigenvalue weighted by molar-refractivity contribution is 0.242.